The lowest BCUT2D eigenvalue weighted by atomic mass is 9.89. The van der Waals surface area contributed by atoms with E-state index >= 15 is 0 Å². The van der Waals surface area contributed by atoms with Crippen LogP contribution >= 0.6 is 0 Å². The minimum atomic E-state index is 0.525. The lowest BCUT2D eigenvalue weighted by Gasteiger charge is -2.20. The van der Waals surface area contributed by atoms with Crippen LogP contribution in [0.15, 0.2) is 0 Å². The standard InChI is InChI=1S/C13H22N4/c1-2-5-10(6-3-1)12-15-13(17-16-12)11-7-4-8-14-9-11/h10-11,14H,1-9H2,(H,15,16,17). The zero-order valence-electron chi connectivity index (χ0n) is 10.4. The molecule has 94 valence electrons. The number of piperidine rings is 1. The van der Waals surface area contributed by atoms with Gasteiger partial charge in [0.25, 0.3) is 0 Å². The Morgan fingerprint density at radius 3 is 2.53 bits per heavy atom. The van der Waals surface area contributed by atoms with E-state index in [0.717, 1.165) is 24.7 Å². The van der Waals surface area contributed by atoms with Gasteiger partial charge in [0.15, 0.2) is 5.82 Å². The number of hydrogen-bond acceptors (Lipinski definition) is 3. The van der Waals surface area contributed by atoms with Crippen molar-refractivity contribution in [2.24, 2.45) is 0 Å². The molecule has 4 nitrogen and oxygen atoms in total. The summed E-state index contributed by atoms with van der Waals surface area (Å²) in [6.45, 7) is 2.19. The largest absolute Gasteiger partial charge is 0.316 e. The maximum absolute atomic E-state index is 4.75. The van der Waals surface area contributed by atoms with Gasteiger partial charge in [-0.25, -0.2) is 4.98 Å². The molecular formula is C13H22N4. The third-order valence-corrected chi connectivity index (χ3v) is 4.17. The highest BCUT2D eigenvalue weighted by Crippen LogP contribution is 2.31. The van der Waals surface area contributed by atoms with Crippen molar-refractivity contribution in [3.8, 4) is 0 Å². The maximum Gasteiger partial charge on any atom is 0.155 e. The molecule has 1 aromatic rings. The molecule has 2 N–H and O–H groups in total. The molecule has 1 unspecified atom stereocenters. The van der Waals surface area contributed by atoms with Crippen LogP contribution in [-0.4, -0.2) is 28.3 Å². The van der Waals surface area contributed by atoms with Crippen molar-refractivity contribution in [2.45, 2.75) is 56.8 Å². The van der Waals surface area contributed by atoms with Crippen molar-refractivity contribution >= 4 is 0 Å². The molecule has 1 atom stereocenters. The van der Waals surface area contributed by atoms with Gasteiger partial charge in [0.2, 0.25) is 0 Å². The summed E-state index contributed by atoms with van der Waals surface area (Å²) < 4.78 is 0. The summed E-state index contributed by atoms with van der Waals surface area (Å²) in [4.78, 5) is 4.75. The first kappa shape index (κ1) is 11.2. The van der Waals surface area contributed by atoms with Crippen molar-refractivity contribution in [2.75, 3.05) is 13.1 Å². The first-order chi connectivity index (χ1) is 8.43. The zero-order chi connectivity index (χ0) is 11.5. The topological polar surface area (TPSA) is 53.6 Å². The quantitative estimate of drug-likeness (QED) is 0.825. The minimum absolute atomic E-state index is 0.525. The van der Waals surface area contributed by atoms with Crippen LogP contribution in [0.5, 0.6) is 0 Å². The summed E-state index contributed by atoms with van der Waals surface area (Å²) in [5, 5.41) is 11.1. The maximum atomic E-state index is 4.75. The SMILES string of the molecule is C1CCC(c2nc(C3CCCNC3)n[nH]2)CC1. The van der Waals surface area contributed by atoms with E-state index in [0.29, 0.717) is 11.8 Å². The smallest absolute Gasteiger partial charge is 0.155 e. The van der Waals surface area contributed by atoms with Crippen LogP contribution in [0.4, 0.5) is 0 Å². The van der Waals surface area contributed by atoms with Gasteiger partial charge in [-0.3, -0.25) is 5.10 Å². The van der Waals surface area contributed by atoms with Crippen molar-refractivity contribution in [3.05, 3.63) is 11.6 Å². The average Bonchev–Trinajstić information content (AvgIpc) is 2.90. The third kappa shape index (κ3) is 2.51. The predicted molar refractivity (Wildman–Crippen MR) is 67.1 cm³/mol. The number of nitrogens with zero attached hydrogens (tertiary/aromatic N) is 2. The highest BCUT2D eigenvalue weighted by molar-refractivity contribution is 5.04. The molecule has 2 heterocycles. The molecule has 1 aromatic heterocycles. The van der Waals surface area contributed by atoms with Crippen LogP contribution in [-0.2, 0) is 0 Å². The molecule has 1 aliphatic heterocycles. The van der Waals surface area contributed by atoms with Crippen molar-refractivity contribution in [1.29, 1.82) is 0 Å². The van der Waals surface area contributed by atoms with E-state index in [4.69, 9.17) is 4.98 Å². The van der Waals surface area contributed by atoms with Gasteiger partial charge in [-0.1, -0.05) is 19.3 Å². The van der Waals surface area contributed by atoms with Gasteiger partial charge in [0.1, 0.15) is 5.82 Å². The molecule has 0 spiro atoms. The molecule has 4 heteroatoms. The number of H-pyrrole nitrogens is 1. The summed E-state index contributed by atoms with van der Waals surface area (Å²) in [5.74, 6) is 3.35. The minimum Gasteiger partial charge on any atom is -0.316 e. The van der Waals surface area contributed by atoms with E-state index in [1.165, 1.54) is 44.9 Å². The third-order valence-electron chi connectivity index (χ3n) is 4.17. The van der Waals surface area contributed by atoms with Crippen LogP contribution in [0.2, 0.25) is 0 Å². The molecule has 1 saturated carbocycles. The number of hydrogen-bond donors (Lipinski definition) is 2. The molecule has 0 radical (unpaired) electrons. The zero-order valence-corrected chi connectivity index (χ0v) is 10.4. The van der Waals surface area contributed by atoms with Gasteiger partial charge < -0.3 is 5.32 Å². The summed E-state index contributed by atoms with van der Waals surface area (Å²) in [6, 6.07) is 0. The number of aromatic amines is 1. The molecule has 3 rings (SSSR count). The Hall–Kier alpha value is -0.900. The van der Waals surface area contributed by atoms with E-state index in [2.05, 4.69) is 15.5 Å². The summed E-state index contributed by atoms with van der Waals surface area (Å²) in [6.07, 6.45) is 9.16. The Morgan fingerprint density at radius 1 is 0.941 bits per heavy atom. The summed E-state index contributed by atoms with van der Waals surface area (Å²) in [7, 11) is 0. The highest BCUT2D eigenvalue weighted by Gasteiger charge is 2.23. The van der Waals surface area contributed by atoms with Gasteiger partial charge in [-0.05, 0) is 32.2 Å². The first-order valence-electron chi connectivity index (χ1n) is 7.06. The van der Waals surface area contributed by atoms with Crippen molar-refractivity contribution < 1.29 is 0 Å². The van der Waals surface area contributed by atoms with Crippen molar-refractivity contribution in [1.82, 2.24) is 20.5 Å². The van der Waals surface area contributed by atoms with E-state index in [-0.39, 0.29) is 0 Å². The van der Waals surface area contributed by atoms with Gasteiger partial charge in [0.05, 0.1) is 0 Å². The van der Waals surface area contributed by atoms with Crippen LogP contribution in [0.1, 0.15) is 68.4 Å². The molecule has 0 amide bonds. The van der Waals surface area contributed by atoms with Gasteiger partial charge in [-0.2, -0.15) is 5.10 Å². The van der Waals surface area contributed by atoms with Gasteiger partial charge in [0, 0.05) is 18.4 Å². The second kappa shape index (κ2) is 5.17. The fourth-order valence-corrected chi connectivity index (χ4v) is 3.10. The lowest BCUT2D eigenvalue weighted by molar-refractivity contribution is 0.427. The van der Waals surface area contributed by atoms with Crippen LogP contribution in [0.3, 0.4) is 0 Å². The number of aromatic nitrogens is 3. The Kier molecular flexibility index (Phi) is 3.41. The molecule has 17 heavy (non-hydrogen) atoms. The normalized spacial score (nSPS) is 27.2. The number of nitrogens with one attached hydrogen (secondary N) is 2. The van der Waals surface area contributed by atoms with E-state index in [1.807, 2.05) is 0 Å². The monoisotopic (exact) mass is 234 g/mol. The Labute approximate surface area is 103 Å². The molecule has 0 bridgehead atoms. The Bertz CT molecular complexity index is 316. The second-order valence-corrected chi connectivity index (χ2v) is 5.46. The van der Waals surface area contributed by atoms with Gasteiger partial charge >= 0.3 is 0 Å². The highest BCUT2D eigenvalue weighted by atomic mass is 15.2. The lowest BCUT2D eigenvalue weighted by Crippen LogP contribution is -2.29. The fraction of sp³-hybridized carbons (Fsp3) is 0.846. The van der Waals surface area contributed by atoms with E-state index < -0.39 is 0 Å². The second-order valence-electron chi connectivity index (χ2n) is 5.46. The Morgan fingerprint density at radius 2 is 1.76 bits per heavy atom. The predicted octanol–water partition coefficient (Wildman–Crippen LogP) is 2.32. The average molecular weight is 234 g/mol. The molecular weight excluding hydrogens is 212 g/mol. The first-order valence-corrected chi connectivity index (χ1v) is 7.06. The van der Waals surface area contributed by atoms with Crippen LogP contribution < -0.4 is 5.32 Å². The molecule has 2 aliphatic rings. The molecule has 1 aliphatic carbocycles. The van der Waals surface area contributed by atoms with Crippen LogP contribution in [0, 0.1) is 0 Å². The van der Waals surface area contributed by atoms with Crippen molar-refractivity contribution in [3.63, 3.8) is 0 Å². The molecule has 0 aromatic carbocycles. The molecule has 1 saturated heterocycles. The molecule has 2 fully saturated rings. The van der Waals surface area contributed by atoms with E-state index in [1.54, 1.807) is 0 Å². The summed E-state index contributed by atoms with van der Waals surface area (Å²) >= 11 is 0. The number of rotatable bonds is 2. The van der Waals surface area contributed by atoms with Crippen LogP contribution in [0.25, 0.3) is 0 Å². The fourth-order valence-electron chi connectivity index (χ4n) is 3.10. The van der Waals surface area contributed by atoms with Gasteiger partial charge in [-0.15, -0.1) is 0 Å². The van der Waals surface area contributed by atoms with E-state index in [9.17, 15) is 0 Å². The summed E-state index contributed by atoms with van der Waals surface area (Å²) in [5.41, 5.74) is 0. The Balaban J connectivity index is 1.68.